The van der Waals surface area contributed by atoms with Gasteiger partial charge >= 0.3 is 0 Å². The lowest BCUT2D eigenvalue weighted by molar-refractivity contribution is -0.0119. The number of hydrogen-bond donors (Lipinski definition) is 1. The third kappa shape index (κ3) is 20.0. The Balaban J connectivity index is 2.00. The number of unbranched alkanes of at least 4 members (excludes halogenated alkanes) is 18. The van der Waals surface area contributed by atoms with Gasteiger partial charge in [-0.3, -0.25) is 0 Å². The normalized spacial score (nSPS) is 16.5. The number of rotatable bonds is 30. The molecule has 1 heterocycles. The zero-order chi connectivity index (χ0) is 30.5. The van der Waals surface area contributed by atoms with Crippen molar-refractivity contribution in [2.24, 2.45) is 5.41 Å². The van der Waals surface area contributed by atoms with Gasteiger partial charge < -0.3 is 5.32 Å². The van der Waals surface area contributed by atoms with Crippen LogP contribution in [0.25, 0.3) is 0 Å². The van der Waals surface area contributed by atoms with E-state index in [4.69, 9.17) is 0 Å². The second-order valence-electron chi connectivity index (χ2n) is 13.9. The lowest BCUT2D eigenvalue weighted by Crippen LogP contribution is -2.69. The van der Waals surface area contributed by atoms with Gasteiger partial charge in [-0.2, -0.15) is 0 Å². The molecule has 0 aliphatic carbocycles. The molecule has 0 spiro atoms. The molecule has 0 saturated carbocycles. The van der Waals surface area contributed by atoms with Gasteiger partial charge in [0.15, 0.2) is 0 Å². The van der Waals surface area contributed by atoms with Gasteiger partial charge in [0.05, 0.1) is 0 Å². The van der Waals surface area contributed by atoms with E-state index >= 15 is 0 Å². The topological polar surface area (TPSA) is 12.0 Å². The third-order valence-corrected chi connectivity index (χ3v) is 9.91. The summed E-state index contributed by atoms with van der Waals surface area (Å²) >= 11 is 0. The first-order valence-electron chi connectivity index (χ1n) is 18.9. The second kappa shape index (κ2) is 27.5. The van der Waals surface area contributed by atoms with Crippen molar-refractivity contribution < 1.29 is 0 Å². The highest BCUT2D eigenvalue weighted by atomic mass is 15.1. The molecule has 42 heavy (non-hydrogen) atoms. The highest BCUT2D eigenvalue weighted by Gasteiger charge is 2.51. The minimum absolute atomic E-state index is 0.334. The van der Waals surface area contributed by atoms with Crippen LogP contribution in [0.2, 0.25) is 0 Å². The SMILES string of the molecule is CCCCC/C=C\C/C=C\CCCCCCCCC1(CCCCCCCC/C=C\C/C=C\CCCCC)CNC1(C)C. The van der Waals surface area contributed by atoms with Crippen LogP contribution in [-0.2, 0) is 0 Å². The fraction of sp³-hybridized carbons (Fsp3) is 0.805. The summed E-state index contributed by atoms with van der Waals surface area (Å²) in [6.45, 7) is 10.7. The van der Waals surface area contributed by atoms with Crippen molar-refractivity contribution in [3.05, 3.63) is 48.6 Å². The minimum Gasteiger partial charge on any atom is -0.311 e. The van der Waals surface area contributed by atoms with E-state index in [1.807, 2.05) is 0 Å². The Morgan fingerprint density at radius 3 is 1.07 bits per heavy atom. The molecule has 0 amide bonds. The smallest absolute Gasteiger partial charge is 0.0193 e. The van der Waals surface area contributed by atoms with E-state index in [1.54, 1.807) is 0 Å². The molecule has 1 N–H and O–H groups in total. The van der Waals surface area contributed by atoms with Gasteiger partial charge in [-0.25, -0.2) is 0 Å². The third-order valence-electron chi connectivity index (χ3n) is 9.91. The Bertz CT molecular complexity index is 646. The van der Waals surface area contributed by atoms with Crippen LogP contribution in [0, 0.1) is 5.41 Å². The first-order chi connectivity index (χ1) is 20.6. The Kier molecular flexibility index (Phi) is 25.5. The van der Waals surface area contributed by atoms with E-state index in [1.165, 1.54) is 161 Å². The Morgan fingerprint density at radius 1 is 0.429 bits per heavy atom. The molecule has 0 radical (unpaired) electrons. The maximum absolute atomic E-state index is 3.76. The molecule has 0 atom stereocenters. The lowest BCUT2D eigenvalue weighted by Gasteiger charge is -2.58. The van der Waals surface area contributed by atoms with Crippen LogP contribution in [0.15, 0.2) is 48.6 Å². The van der Waals surface area contributed by atoms with Crippen LogP contribution in [-0.4, -0.2) is 12.1 Å². The van der Waals surface area contributed by atoms with Crippen molar-refractivity contribution in [3.8, 4) is 0 Å². The van der Waals surface area contributed by atoms with Crippen molar-refractivity contribution in [1.82, 2.24) is 5.32 Å². The summed E-state index contributed by atoms with van der Waals surface area (Å²) in [5.41, 5.74) is 0.887. The summed E-state index contributed by atoms with van der Waals surface area (Å²) in [6.07, 6.45) is 54.1. The molecule has 0 aromatic carbocycles. The van der Waals surface area contributed by atoms with Crippen molar-refractivity contribution in [2.45, 2.75) is 200 Å². The minimum atomic E-state index is 0.334. The van der Waals surface area contributed by atoms with E-state index < -0.39 is 0 Å². The highest BCUT2D eigenvalue weighted by Crippen LogP contribution is 2.47. The summed E-state index contributed by atoms with van der Waals surface area (Å²) in [7, 11) is 0. The molecule has 0 unspecified atom stereocenters. The van der Waals surface area contributed by atoms with Crippen LogP contribution >= 0.6 is 0 Å². The van der Waals surface area contributed by atoms with Crippen molar-refractivity contribution >= 4 is 0 Å². The van der Waals surface area contributed by atoms with Crippen LogP contribution in [0.4, 0.5) is 0 Å². The standard InChI is InChI=1S/C41H75N/c1-5-7-9-11-13-15-17-19-21-23-25-27-29-31-33-35-37-41(39-42-40(41,3)4)38-36-34-32-30-28-26-24-22-20-18-16-14-12-10-8-6-2/h13-16,19-22,42H,5-12,17-18,23-39H2,1-4H3/b15-13-,16-14-,21-19-,22-20-. The first kappa shape index (κ1) is 38.9. The fourth-order valence-electron chi connectivity index (χ4n) is 6.52. The number of nitrogens with one attached hydrogen (secondary N) is 1. The van der Waals surface area contributed by atoms with Gasteiger partial charge in [-0.15, -0.1) is 0 Å². The van der Waals surface area contributed by atoms with Crippen LogP contribution < -0.4 is 5.32 Å². The molecule has 1 heteroatoms. The Morgan fingerprint density at radius 2 is 0.762 bits per heavy atom. The monoisotopic (exact) mass is 582 g/mol. The summed E-state index contributed by atoms with van der Waals surface area (Å²) < 4.78 is 0. The van der Waals surface area contributed by atoms with Crippen LogP contribution in [0.1, 0.15) is 195 Å². The average molecular weight is 582 g/mol. The quantitative estimate of drug-likeness (QED) is 0.0657. The highest BCUT2D eigenvalue weighted by molar-refractivity contribution is 5.08. The summed E-state index contributed by atoms with van der Waals surface area (Å²) in [5, 5.41) is 3.76. The fourth-order valence-corrected chi connectivity index (χ4v) is 6.52. The summed E-state index contributed by atoms with van der Waals surface area (Å²) in [5.74, 6) is 0. The van der Waals surface area contributed by atoms with Crippen molar-refractivity contribution in [3.63, 3.8) is 0 Å². The largest absolute Gasteiger partial charge is 0.311 e. The van der Waals surface area contributed by atoms with E-state index in [0.29, 0.717) is 11.0 Å². The van der Waals surface area contributed by atoms with Crippen molar-refractivity contribution in [2.75, 3.05) is 6.54 Å². The molecule has 1 rings (SSSR count). The lowest BCUT2D eigenvalue weighted by atomic mass is 9.59. The Hall–Kier alpha value is -1.08. The zero-order valence-electron chi connectivity index (χ0n) is 29.2. The molecule has 0 bridgehead atoms. The molecule has 1 fully saturated rings. The molecule has 1 saturated heterocycles. The molecule has 1 aliphatic heterocycles. The van der Waals surface area contributed by atoms with Crippen LogP contribution in [0.5, 0.6) is 0 Å². The summed E-state index contributed by atoms with van der Waals surface area (Å²) in [6, 6.07) is 0. The predicted molar refractivity (Wildman–Crippen MR) is 192 cm³/mol. The van der Waals surface area contributed by atoms with Gasteiger partial charge in [0, 0.05) is 17.5 Å². The molecule has 0 aromatic heterocycles. The van der Waals surface area contributed by atoms with E-state index in [2.05, 4.69) is 81.6 Å². The maximum atomic E-state index is 3.76. The molecule has 1 aliphatic rings. The maximum Gasteiger partial charge on any atom is 0.0193 e. The molecular weight excluding hydrogens is 506 g/mol. The van der Waals surface area contributed by atoms with E-state index in [9.17, 15) is 0 Å². The van der Waals surface area contributed by atoms with Crippen molar-refractivity contribution in [1.29, 1.82) is 0 Å². The molecular formula is C41H75N. The van der Waals surface area contributed by atoms with Gasteiger partial charge in [-0.1, -0.05) is 152 Å². The second-order valence-corrected chi connectivity index (χ2v) is 13.9. The predicted octanol–water partition coefficient (Wildman–Crippen LogP) is 13.8. The van der Waals surface area contributed by atoms with E-state index in [-0.39, 0.29) is 0 Å². The van der Waals surface area contributed by atoms with E-state index in [0.717, 1.165) is 12.8 Å². The number of allylic oxidation sites excluding steroid dienone is 8. The van der Waals surface area contributed by atoms with Gasteiger partial charge in [0.2, 0.25) is 0 Å². The van der Waals surface area contributed by atoms with Gasteiger partial charge in [0.25, 0.3) is 0 Å². The molecule has 1 nitrogen and oxygen atoms in total. The average Bonchev–Trinajstić information content (AvgIpc) is 2.99. The number of hydrogen-bond acceptors (Lipinski definition) is 1. The molecule has 0 aromatic rings. The Labute approximate surface area is 265 Å². The first-order valence-corrected chi connectivity index (χ1v) is 18.9. The van der Waals surface area contributed by atoms with Gasteiger partial charge in [0.1, 0.15) is 0 Å². The van der Waals surface area contributed by atoms with Gasteiger partial charge in [-0.05, 0) is 90.9 Å². The molecule has 244 valence electrons. The van der Waals surface area contributed by atoms with Crippen LogP contribution in [0.3, 0.4) is 0 Å². The summed E-state index contributed by atoms with van der Waals surface area (Å²) in [4.78, 5) is 0. The zero-order valence-corrected chi connectivity index (χ0v) is 29.2.